The second-order valence-electron chi connectivity index (χ2n) is 4.29. The zero-order chi connectivity index (χ0) is 16.7. The van der Waals surface area contributed by atoms with Crippen LogP contribution in [0.2, 0.25) is 0 Å². The van der Waals surface area contributed by atoms with E-state index in [1.54, 1.807) is 0 Å². The molecule has 22 heavy (non-hydrogen) atoms. The Morgan fingerprint density at radius 2 is 1.73 bits per heavy atom. The Bertz CT molecular complexity index is 523. The number of methoxy groups -OCH3 is 3. The minimum Gasteiger partial charge on any atom is -0.493 e. The molecule has 8 heteroatoms. The smallest absolute Gasteiger partial charge is 0.326 e. The monoisotopic (exact) mass is 329 g/mol. The molecule has 0 bridgehead atoms. The normalized spacial score (nSPS) is 11.5. The summed E-state index contributed by atoms with van der Waals surface area (Å²) in [6.07, 6.45) is 0.217. The molecule has 1 aromatic carbocycles. The summed E-state index contributed by atoms with van der Waals surface area (Å²) in [4.78, 5) is 23.3. The van der Waals surface area contributed by atoms with Gasteiger partial charge in [-0.1, -0.05) is 0 Å². The molecule has 0 fully saturated rings. The fourth-order valence-corrected chi connectivity index (χ4v) is 2.10. The first-order valence-electron chi connectivity index (χ1n) is 6.43. The van der Waals surface area contributed by atoms with E-state index in [2.05, 4.69) is 17.9 Å². The third kappa shape index (κ3) is 4.20. The van der Waals surface area contributed by atoms with Crippen molar-refractivity contribution in [3.05, 3.63) is 17.7 Å². The lowest BCUT2D eigenvalue weighted by Gasteiger charge is -2.16. The molecule has 1 rings (SSSR count). The number of benzene rings is 1. The molecule has 1 atom stereocenters. The minimum absolute atomic E-state index is 0.208. The largest absolute Gasteiger partial charge is 0.493 e. The molecule has 0 aliphatic rings. The van der Waals surface area contributed by atoms with Gasteiger partial charge in [-0.2, -0.15) is 12.6 Å². The molecule has 0 aliphatic carbocycles. The van der Waals surface area contributed by atoms with Gasteiger partial charge < -0.3 is 24.6 Å². The third-order valence-electron chi connectivity index (χ3n) is 2.95. The van der Waals surface area contributed by atoms with Crippen LogP contribution < -0.4 is 19.5 Å². The van der Waals surface area contributed by atoms with Gasteiger partial charge in [-0.15, -0.1) is 0 Å². The number of ether oxygens (including phenoxy) is 3. The number of carboxylic acids is 1. The quantitative estimate of drug-likeness (QED) is 0.621. The number of aliphatic carboxylic acids is 1. The van der Waals surface area contributed by atoms with Crippen molar-refractivity contribution in [3.8, 4) is 17.2 Å². The van der Waals surface area contributed by atoms with Gasteiger partial charge >= 0.3 is 5.97 Å². The molecule has 1 amide bonds. The standard InChI is InChI=1S/C14H19NO6S/c1-19-10-6-8(7-11(20-2)12(10)21-3)13(16)15-9(4-5-22)14(17)18/h6-7,9,22H,4-5H2,1-3H3,(H,15,16)(H,17,18)/t9-/m1/s1. The SMILES string of the molecule is COc1cc(C(=O)N[C@H](CCS)C(=O)O)cc(OC)c1OC. The highest BCUT2D eigenvalue weighted by atomic mass is 32.1. The molecule has 0 heterocycles. The number of hydrogen-bond donors (Lipinski definition) is 3. The van der Waals surface area contributed by atoms with Crippen molar-refractivity contribution in [2.45, 2.75) is 12.5 Å². The van der Waals surface area contributed by atoms with E-state index < -0.39 is 17.9 Å². The highest BCUT2D eigenvalue weighted by molar-refractivity contribution is 7.80. The van der Waals surface area contributed by atoms with Crippen LogP contribution in [-0.2, 0) is 4.79 Å². The molecule has 0 aliphatic heterocycles. The van der Waals surface area contributed by atoms with Crippen LogP contribution in [0.3, 0.4) is 0 Å². The summed E-state index contributed by atoms with van der Waals surface area (Å²) in [5.74, 6) is -0.344. The molecular formula is C14H19NO6S. The highest BCUT2D eigenvalue weighted by Gasteiger charge is 2.22. The topological polar surface area (TPSA) is 94.1 Å². The maximum absolute atomic E-state index is 12.2. The number of carboxylic acid groups (broad SMARTS) is 1. The predicted octanol–water partition coefficient (Wildman–Crippen LogP) is 1.22. The molecule has 7 nitrogen and oxygen atoms in total. The molecule has 0 aromatic heterocycles. The number of hydrogen-bond acceptors (Lipinski definition) is 6. The Morgan fingerprint density at radius 3 is 2.09 bits per heavy atom. The lowest BCUT2D eigenvalue weighted by atomic mass is 10.1. The van der Waals surface area contributed by atoms with E-state index in [1.165, 1.54) is 33.5 Å². The van der Waals surface area contributed by atoms with Gasteiger partial charge in [-0.05, 0) is 24.3 Å². The predicted molar refractivity (Wildman–Crippen MR) is 83.5 cm³/mol. The second kappa shape index (κ2) is 8.38. The van der Waals surface area contributed by atoms with Crippen LogP contribution in [0, 0.1) is 0 Å². The van der Waals surface area contributed by atoms with E-state index in [1.807, 2.05) is 0 Å². The Labute approximate surface area is 134 Å². The van der Waals surface area contributed by atoms with Gasteiger partial charge in [0.2, 0.25) is 5.75 Å². The number of carbonyl (C=O) groups excluding carboxylic acids is 1. The summed E-state index contributed by atoms with van der Waals surface area (Å²) in [5.41, 5.74) is 0.208. The number of rotatable bonds is 8. The lowest BCUT2D eigenvalue weighted by Crippen LogP contribution is -2.41. The first-order chi connectivity index (χ1) is 10.5. The summed E-state index contributed by atoms with van der Waals surface area (Å²) in [6.45, 7) is 0. The molecule has 0 spiro atoms. The molecular weight excluding hydrogens is 310 g/mol. The van der Waals surface area contributed by atoms with E-state index in [4.69, 9.17) is 19.3 Å². The third-order valence-corrected chi connectivity index (χ3v) is 3.21. The summed E-state index contributed by atoms with van der Waals surface area (Å²) in [7, 11) is 4.31. The fourth-order valence-electron chi connectivity index (χ4n) is 1.84. The fraction of sp³-hybridized carbons (Fsp3) is 0.429. The molecule has 0 saturated heterocycles. The van der Waals surface area contributed by atoms with Crippen LogP contribution in [0.4, 0.5) is 0 Å². The number of carbonyl (C=O) groups is 2. The average molecular weight is 329 g/mol. The second-order valence-corrected chi connectivity index (χ2v) is 4.74. The van der Waals surface area contributed by atoms with Crippen LogP contribution in [0.15, 0.2) is 12.1 Å². The van der Waals surface area contributed by atoms with Crippen LogP contribution in [0.1, 0.15) is 16.8 Å². The molecule has 1 aromatic rings. The zero-order valence-electron chi connectivity index (χ0n) is 12.6. The Kier molecular flexibility index (Phi) is 6.84. The van der Waals surface area contributed by atoms with Crippen molar-refractivity contribution in [2.75, 3.05) is 27.1 Å². The van der Waals surface area contributed by atoms with Crippen LogP contribution in [0.25, 0.3) is 0 Å². The zero-order valence-corrected chi connectivity index (χ0v) is 13.5. The van der Waals surface area contributed by atoms with Crippen molar-refractivity contribution < 1.29 is 28.9 Å². The number of nitrogens with one attached hydrogen (secondary N) is 1. The number of thiol groups is 1. The van der Waals surface area contributed by atoms with E-state index in [0.29, 0.717) is 23.0 Å². The van der Waals surface area contributed by atoms with Crippen LogP contribution in [-0.4, -0.2) is 50.1 Å². The van der Waals surface area contributed by atoms with Crippen molar-refractivity contribution in [3.63, 3.8) is 0 Å². The van der Waals surface area contributed by atoms with Crippen molar-refractivity contribution in [1.82, 2.24) is 5.32 Å². The molecule has 0 radical (unpaired) electrons. The van der Waals surface area contributed by atoms with Crippen LogP contribution >= 0.6 is 12.6 Å². The molecule has 122 valence electrons. The summed E-state index contributed by atoms with van der Waals surface area (Å²) < 4.78 is 15.5. The van der Waals surface area contributed by atoms with Crippen molar-refractivity contribution in [2.24, 2.45) is 0 Å². The highest BCUT2D eigenvalue weighted by Crippen LogP contribution is 2.38. The first kappa shape index (κ1) is 18.0. The van der Waals surface area contributed by atoms with E-state index in [0.717, 1.165) is 0 Å². The number of amides is 1. The Balaban J connectivity index is 3.09. The first-order valence-corrected chi connectivity index (χ1v) is 7.06. The average Bonchev–Trinajstić information content (AvgIpc) is 2.52. The maximum atomic E-state index is 12.2. The van der Waals surface area contributed by atoms with Gasteiger partial charge in [0.25, 0.3) is 5.91 Å². The summed E-state index contributed by atoms with van der Waals surface area (Å²) >= 11 is 3.98. The van der Waals surface area contributed by atoms with Crippen molar-refractivity contribution in [1.29, 1.82) is 0 Å². The van der Waals surface area contributed by atoms with Gasteiger partial charge in [0.1, 0.15) is 6.04 Å². The summed E-state index contributed by atoms with van der Waals surface area (Å²) in [6, 6.07) is 1.90. The van der Waals surface area contributed by atoms with E-state index in [9.17, 15) is 9.59 Å². The van der Waals surface area contributed by atoms with Crippen LogP contribution in [0.5, 0.6) is 17.2 Å². The maximum Gasteiger partial charge on any atom is 0.326 e. The van der Waals surface area contributed by atoms with Gasteiger partial charge in [0.05, 0.1) is 21.3 Å². The van der Waals surface area contributed by atoms with E-state index in [-0.39, 0.29) is 12.0 Å². The molecule has 2 N–H and O–H groups in total. The van der Waals surface area contributed by atoms with Crippen molar-refractivity contribution >= 4 is 24.5 Å². The van der Waals surface area contributed by atoms with Gasteiger partial charge in [-0.25, -0.2) is 4.79 Å². The Hall–Kier alpha value is -2.09. The minimum atomic E-state index is -1.12. The van der Waals surface area contributed by atoms with Gasteiger partial charge in [-0.3, -0.25) is 4.79 Å². The summed E-state index contributed by atoms with van der Waals surface area (Å²) in [5, 5.41) is 11.5. The molecule has 0 unspecified atom stereocenters. The molecule has 0 saturated carbocycles. The Morgan fingerprint density at radius 1 is 1.18 bits per heavy atom. The lowest BCUT2D eigenvalue weighted by molar-refractivity contribution is -0.139. The van der Waals surface area contributed by atoms with E-state index >= 15 is 0 Å². The van der Waals surface area contributed by atoms with Gasteiger partial charge in [0, 0.05) is 5.56 Å². The van der Waals surface area contributed by atoms with Gasteiger partial charge in [0.15, 0.2) is 11.5 Å².